The Bertz CT molecular complexity index is 1150. The van der Waals surface area contributed by atoms with Gasteiger partial charge in [-0.3, -0.25) is 0 Å². The van der Waals surface area contributed by atoms with Crippen LogP contribution in [0, 0.1) is 0 Å². The van der Waals surface area contributed by atoms with E-state index in [-0.39, 0.29) is 23.4 Å². The molecule has 0 saturated carbocycles. The number of para-hydroxylation sites is 2. The normalized spacial score (nSPS) is 15.5. The zero-order valence-electron chi connectivity index (χ0n) is 17.6. The van der Waals surface area contributed by atoms with Gasteiger partial charge in [-0.25, -0.2) is 22.5 Å². The number of hydrogen-bond acceptors (Lipinski definition) is 5. The summed E-state index contributed by atoms with van der Waals surface area (Å²) >= 11 is 0. The number of oxazole rings is 1. The first-order valence-corrected chi connectivity index (χ1v) is 11.7. The molecule has 164 valence electrons. The molecular formula is C22H26N4O4S. The van der Waals surface area contributed by atoms with Crippen molar-refractivity contribution in [2.45, 2.75) is 30.2 Å². The highest BCUT2D eigenvalue weighted by atomic mass is 32.2. The summed E-state index contributed by atoms with van der Waals surface area (Å²) in [5.74, 6) is 0.909. The van der Waals surface area contributed by atoms with Gasteiger partial charge in [0.2, 0.25) is 10.0 Å². The van der Waals surface area contributed by atoms with Gasteiger partial charge in [-0.1, -0.05) is 30.3 Å². The van der Waals surface area contributed by atoms with Crippen molar-refractivity contribution < 1.29 is 17.6 Å². The molecule has 2 aromatic carbocycles. The number of rotatable bonds is 5. The maximum Gasteiger partial charge on any atom is 0.317 e. The third kappa shape index (κ3) is 4.42. The summed E-state index contributed by atoms with van der Waals surface area (Å²) in [5, 5.41) is 2.86. The Balaban J connectivity index is 1.36. The van der Waals surface area contributed by atoms with E-state index < -0.39 is 10.0 Å². The highest BCUT2D eigenvalue weighted by molar-refractivity contribution is 7.89. The summed E-state index contributed by atoms with van der Waals surface area (Å²) in [5.41, 5.74) is 2.19. The van der Waals surface area contributed by atoms with Crippen molar-refractivity contribution in [3.63, 3.8) is 0 Å². The second kappa shape index (κ2) is 8.68. The number of carbonyl (C=O) groups is 1. The summed E-state index contributed by atoms with van der Waals surface area (Å²) in [6.07, 6.45) is 1.54. The van der Waals surface area contributed by atoms with Crippen LogP contribution in [-0.4, -0.2) is 55.8 Å². The van der Waals surface area contributed by atoms with Crippen LogP contribution < -0.4 is 5.32 Å². The first-order chi connectivity index (χ1) is 14.9. The first kappa shape index (κ1) is 21.3. The molecule has 0 unspecified atom stereocenters. The maximum atomic E-state index is 12.7. The van der Waals surface area contributed by atoms with E-state index >= 15 is 0 Å². The minimum Gasteiger partial charge on any atom is -0.440 e. The van der Waals surface area contributed by atoms with Gasteiger partial charge in [-0.2, -0.15) is 0 Å². The number of aromatic nitrogens is 1. The van der Waals surface area contributed by atoms with Gasteiger partial charge < -0.3 is 14.6 Å². The lowest BCUT2D eigenvalue weighted by Crippen LogP contribution is -2.44. The second-order valence-electron chi connectivity index (χ2n) is 7.84. The average molecular weight is 443 g/mol. The number of nitrogens with one attached hydrogen (secondary N) is 1. The molecule has 3 aromatic rings. The summed E-state index contributed by atoms with van der Waals surface area (Å²) in [7, 11) is -0.595. The molecule has 1 aliphatic heterocycles. The van der Waals surface area contributed by atoms with Gasteiger partial charge in [0, 0.05) is 39.6 Å². The molecule has 2 heterocycles. The summed E-state index contributed by atoms with van der Waals surface area (Å²) in [6, 6.07) is 14.2. The fourth-order valence-corrected chi connectivity index (χ4v) is 4.89. The van der Waals surface area contributed by atoms with Crippen molar-refractivity contribution in [3.8, 4) is 0 Å². The van der Waals surface area contributed by atoms with Crippen LogP contribution in [0.15, 0.2) is 57.8 Å². The van der Waals surface area contributed by atoms with Gasteiger partial charge in [-0.05, 0) is 36.6 Å². The van der Waals surface area contributed by atoms with Gasteiger partial charge in [0.1, 0.15) is 5.52 Å². The van der Waals surface area contributed by atoms with Crippen LogP contribution >= 0.6 is 0 Å². The SMILES string of the molecule is CN(C)S(=O)(=O)c1ccccc1CNC(=O)N1CCC(c2nc3ccccc3o2)CC1. The van der Waals surface area contributed by atoms with Gasteiger partial charge >= 0.3 is 6.03 Å². The van der Waals surface area contributed by atoms with Crippen molar-refractivity contribution in [2.75, 3.05) is 27.2 Å². The molecule has 1 aromatic heterocycles. The number of nitrogens with zero attached hydrogens (tertiary/aromatic N) is 3. The third-order valence-electron chi connectivity index (χ3n) is 5.60. The molecule has 0 bridgehead atoms. The van der Waals surface area contributed by atoms with Gasteiger partial charge in [0.05, 0.1) is 4.90 Å². The minimum absolute atomic E-state index is 0.146. The van der Waals surface area contributed by atoms with E-state index in [2.05, 4.69) is 10.3 Å². The molecule has 4 rings (SSSR count). The van der Waals surface area contributed by atoms with Crippen molar-refractivity contribution >= 4 is 27.2 Å². The van der Waals surface area contributed by atoms with Crippen molar-refractivity contribution in [1.82, 2.24) is 19.5 Å². The zero-order valence-corrected chi connectivity index (χ0v) is 18.4. The van der Waals surface area contributed by atoms with E-state index in [0.717, 1.165) is 29.8 Å². The van der Waals surface area contributed by atoms with Crippen LogP contribution in [0.2, 0.25) is 0 Å². The van der Waals surface area contributed by atoms with Gasteiger partial charge in [0.15, 0.2) is 11.5 Å². The number of hydrogen-bond donors (Lipinski definition) is 1. The molecule has 1 aliphatic rings. The molecule has 2 amide bonds. The number of piperidine rings is 1. The van der Waals surface area contributed by atoms with Gasteiger partial charge in [0.25, 0.3) is 0 Å². The molecule has 31 heavy (non-hydrogen) atoms. The molecule has 1 N–H and O–H groups in total. The molecule has 0 aliphatic carbocycles. The number of sulfonamides is 1. The molecule has 0 radical (unpaired) electrons. The number of likely N-dealkylation sites (tertiary alicyclic amines) is 1. The molecule has 0 spiro atoms. The fraction of sp³-hybridized carbons (Fsp3) is 0.364. The Kier molecular flexibility index (Phi) is 5.97. The summed E-state index contributed by atoms with van der Waals surface area (Å²) in [6.45, 7) is 1.33. The number of benzene rings is 2. The Morgan fingerprint density at radius 2 is 1.81 bits per heavy atom. The molecular weight excluding hydrogens is 416 g/mol. The Hall–Kier alpha value is -2.91. The lowest BCUT2D eigenvalue weighted by molar-refractivity contribution is 0.177. The van der Waals surface area contributed by atoms with Crippen LogP contribution in [0.25, 0.3) is 11.1 Å². The molecule has 1 fully saturated rings. The summed E-state index contributed by atoms with van der Waals surface area (Å²) in [4.78, 5) is 19.2. The van der Waals surface area contributed by atoms with Crippen LogP contribution in [0.4, 0.5) is 4.79 Å². The fourth-order valence-electron chi connectivity index (χ4n) is 3.78. The topological polar surface area (TPSA) is 95.8 Å². The minimum atomic E-state index is -3.58. The Labute approximate surface area is 181 Å². The largest absolute Gasteiger partial charge is 0.440 e. The van der Waals surface area contributed by atoms with Crippen molar-refractivity contribution in [3.05, 3.63) is 60.0 Å². The molecule has 9 heteroatoms. The first-order valence-electron chi connectivity index (χ1n) is 10.2. The van der Waals surface area contributed by atoms with Crippen molar-refractivity contribution in [2.24, 2.45) is 0 Å². The molecule has 1 saturated heterocycles. The van der Waals surface area contributed by atoms with Crippen LogP contribution in [-0.2, 0) is 16.6 Å². The van der Waals surface area contributed by atoms with Crippen LogP contribution in [0.5, 0.6) is 0 Å². The van der Waals surface area contributed by atoms with Crippen molar-refractivity contribution in [1.29, 1.82) is 0 Å². The quantitative estimate of drug-likeness (QED) is 0.655. The summed E-state index contributed by atoms with van der Waals surface area (Å²) < 4.78 is 32.1. The highest BCUT2D eigenvalue weighted by Crippen LogP contribution is 2.30. The maximum absolute atomic E-state index is 12.7. The number of carbonyl (C=O) groups excluding carboxylic acids is 1. The van der Waals surface area contributed by atoms with Crippen LogP contribution in [0.3, 0.4) is 0 Å². The number of fused-ring (bicyclic) bond motifs is 1. The highest BCUT2D eigenvalue weighted by Gasteiger charge is 2.27. The standard InChI is InChI=1S/C22H26N4O4S/c1-25(2)31(28,29)20-10-6-3-7-17(20)15-23-22(27)26-13-11-16(12-14-26)21-24-18-8-4-5-9-19(18)30-21/h3-10,16H,11-15H2,1-2H3,(H,23,27). The van der Waals surface area contributed by atoms with E-state index in [1.54, 1.807) is 29.2 Å². The van der Waals surface area contributed by atoms with E-state index in [4.69, 9.17) is 4.42 Å². The molecule has 8 nitrogen and oxygen atoms in total. The lowest BCUT2D eigenvalue weighted by atomic mass is 9.97. The Morgan fingerprint density at radius 3 is 2.52 bits per heavy atom. The lowest BCUT2D eigenvalue weighted by Gasteiger charge is -2.30. The predicted octanol–water partition coefficient (Wildman–Crippen LogP) is 3.17. The van der Waals surface area contributed by atoms with E-state index in [9.17, 15) is 13.2 Å². The van der Waals surface area contributed by atoms with E-state index in [1.165, 1.54) is 18.4 Å². The average Bonchev–Trinajstić information content (AvgIpc) is 3.22. The number of amides is 2. The third-order valence-corrected chi connectivity index (χ3v) is 7.52. The smallest absolute Gasteiger partial charge is 0.317 e. The number of urea groups is 1. The monoisotopic (exact) mass is 442 g/mol. The second-order valence-corrected chi connectivity index (χ2v) is 9.96. The van der Waals surface area contributed by atoms with Gasteiger partial charge in [-0.15, -0.1) is 0 Å². The molecule has 0 atom stereocenters. The predicted molar refractivity (Wildman–Crippen MR) is 117 cm³/mol. The van der Waals surface area contributed by atoms with E-state index in [1.807, 2.05) is 24.3 Å². The van der Waals surface area contributed by atoms with E-state index in [0.29, 0.717) is 18.7 Å². The Morgan fingerprint density at radius 1 is 1.13 bits per heavy atom. The zero-order chi connectivity index (χ0) is 22.0. The van der Waals surface area contributed by atoms with Crippen LogP contribution in [0.1, 0.15) is 30.2 Å².